The van der Waals surface area contributed by atoms with Gasteiger partial charge in [-0.1, -0.05) is 26.0 Å². The van der Waals surface area contributed by atoms with Crippen LogP contribution < -0.4 is 20.1 Å². The van der Waals surface area contributed by atoms with Crippen LogP contribution in [-0.2, 0) is 12.0 Å². The predicted molar refractivity (Wildman–Crippen MR) is 125 cm³/mol. The zero-order valence-corrected chi connectivity index (χ0v) is 19.8. The zero-order valence-electron chi connectivity index (χ0n) is 16.7. The quantitative estimate of drug-likeness (QED) is 0.318. The number of aliphatic imine (C=N–C) groups is 1. The average molecular weight is 503 g/mol. The maximum Gasteiger partial charge on any atom is 0.191 e. The summed E-state index contributed by atoms with van der Waals surface area (Å²) >= 11 is 1.72. The summed E-state index contributed by atoms with van der Waals surface area (Å²) in [6, 6.07) is 10.2. The van der Waals surface area contributed by atoms with Gasteiger partial charge in [-0.25, -0.2) is 4.99 Å². The molecule has 0 amide bonds. The number of ether oxygens (including phenoxy) is 2. The number of nitrogens with one attached hydrogen (secondary N) is 2. The molecule has 0 bridgehead atoms. The van der Waals surface area contributed by atoms with Crippen molar-refractivity contribution in [2.75, 3.05) is 27.3 Å². The van der Waals surface area contributed by atoms with Gasteiger partial charge in [0.1, 0.15) is 0 Å². The van der Waals surface area contributed by atoms with Crippen molar-refractivity contribution in [3.8, 4) is 11.5 Å². The molecule has 2 N–H and O–H groups in total. The molecule has 0 aliphatic carbocycles. The molecule has 1 aromatic heterocycles. The summed E-state index contributed by atoms with van der Waals surface area (Å²) in [5, 5.41) is 8.84. The van der Waals surface area contributed by atoms with Gasteiger partial charge in [-0.3, -0.25) is 0 Å². The van der Waals surface area contributed by atoms with Crippen LogP contribution in [0.2, 0.25) is 0 Å². The van der Waals surface area contributed by atoms with E-state index < -0.39 is 0 Å². The molecule has 0 fully saturated rings. The standard InChI is InChI=1S/C20H29N3O2S.HI/c1-6-21-19(22-13-16-8-7-11-26-16)23-14-20(2,3)15-9-10-17(24-4)18(12-15)25-5;/h7-12H,6,13-14H2,1-5H3,(H2,21,22,23);1H. The highest BCUT2D eigenvalue weighted by atomic mass is 127. The molecule has 0 radical (unpaired) electrons. The largest absolute Gasteiger partial charge is 0.493 e. The second kappa shape index (κ2) is 11.4. The molecule has 1 aromatic carbocycles. The Balaban J connectivity index is 0.00000364. The third kappa shape index (κ3) is 6.88. The summed E-state index contributed by atoms with van der Waals surface area (Å²) in [6.45, 7) is 8.73. The highest BCUT2D eigenvalue weighted by Crippen LogP contribution is 2.32. The Bertz CT molecular complexity index is 718. The molecule has 27 heavy (non-hydrogen) atoms. The maximum absolute atomic E-state index is 5.44. The average Bonchev–Trinajstić information content (AvgIpc) is 3.17. The first kappa shape index (κ1) is 23.6. The summed E-state index contributed by atoms with van der Waals surface area (Å²) in [6.07, 6.45) is 0. The molecule has 0 atom stereocenters. The lowest BCUT2D eigenvalue weighted by Gasteiger charge is -2.27. The SMILES string of the molecule is CCNC(=NCc1cccs1)NCC(C)(C)c1ccc(OC)c(OC)c1.I. The lowest BCUT2D eigenvalue weighted by molar-refractivity contribution is 0.353. The highest BCUT2D eigenvalue weighted by molar-refractivity contribution is 14.0. The van der Waals surface area contributed by atoms with Gasteiger partial charge in [0, 0.05) is 23.4 Å². The minimum atomic E-state index is -0.0985. The normalized spacial score (nSPS) is 11.5. The topological polar surface area (TPSA) is 54.9 Å². The van der Waals surface area contributed by atoms with Crippen LogP contribution in [0.15, 0.2) is 40.7 Å². The van der Waals surface area contributed by atoms with Crippen LogP contribution in [0.25, 0.3) is 0 Å². The molecule has 1 heterocycles. The lowest BCUT2D eigenvalue weighted by Crippen LogP contribution is -2.43. The minimum absolute atomic E-state index is 0. The van der Waals surface area contributed by atoms with Gasteiger partial charge in [-0.2, -0.15) is 0 Å². The number of halogens is 1. The molecule has 0 aliphatic heterocycles. The molecular formula is C20H30IN3O2S. The van der Waals surface area contributed by atoms with Crippen molar-refractivity contribution in [2.45, 2.75) is 32.7 Å². The first-order chi connectivity index (χ1) is 12.5. The van der Waals surface area contributed by atoms with Gasteiger partial charge in [0.25, 0.3) is 0 Å². The Kier molecular flexibility index (Phi) is 9.93. The molecule has 150 valence electrons. The monoisotopic (exact) mass is 503 g/mol. The number of methoxy groups -OCH3 is 2. The molecule has 0 aliphatic rings. The van der Waals surface area contributed by atoms with Gasteiger partial charge in [-0.15, -0.1) is 35.3 Å². The van der Waals surface area contributed by atoms with E-state index in [1.165, 1.54) is 10.4 Å². The van der Waals surface area contributed by atoms with Gasteiger partial charge in [-0.05, 0) is 36.1 Å². The van der Waals surface area contributed by atoms with Crippen LogP contribution in [0.5, 0.6) is 11.5 Å². The van der Waals surface area contributed by atoms with E-state index in [0.29, 0.717) is 6.54 Å². The molecule has 5 nitrogen and oxygen atoms in total. The molecule has 7 heteroatoms. The van der Waals surface area contributed by atoms with Gasteiger partial charge < -0.3 is 20.1 Å². The Morgan fingerprint density at radius 3 is 2.44 bits per heavy atom. The van der Waals surface area contributed by atoms with E-state index >= 15 is 0 Å². The van der Waals surface area contributed by atoms with Crippen LogP contribution in [0, 0.1) is 0 Å². The van der Waals surface area contributed by atoms with Gasteiger partial charge >= 0.3 is 0 Å². The van der Waals surface area contributed by atoms with E-state index in [4.69, 9.17) is 9.47 Å². The molecule has 0 unspecified atom stereocenters. The number of guanidine groups is 1. The zero-order chi connectivity index (χ0) is 19.0. The van der Waals surface area contributed by atoms with Crippen LogP contribution >= 0.6 is 35.3 Å². The fourth-order valence-corrected chi connectivity index (χ4v) is 3.19. The van der Waals surface area contributed by atoms with Crippen molar-refractivity contribution in [1.82, 2.24) is 10.6 Å². The van der Waals surface area contributed by atoms with E-state index in [9.17, 15) is 0 Å². The van der Waals surface area contributed by atoms with E-state index in [1.54, 1.807) is 25.6 Å². The van der Waals surface area contributed by atoms with Crippen LogP contribution in [0.1, 0.15) is 31.2 Å². The fourth-order valence-electron chi connectivity index (χ4n) is 2.57. The van der Waals surface area contributed by atoms with E-state index in [0.717, 1.165) is 30.5 Å². The summed E-state index contributed by atoms with van der Waals surface area (Å²) < 4.78 is 10.8. The van der Waals surface area contributed by atoms with Crippen molar-refractivity contribution in [2.24, 2.45) is 4.99 Å². The molecule has 0 saturated carbocycles. The van der Waals surface area contributed by atoms with Crippen molar-refractivity contribution in [3.05, 3.63) is 46.2 Å². The highest BCUT2D eigenvalue weighted by Gasteiger charge is 2.22. The van der Waals surface area contributed by atoms with Crippen molar-refractivity contribution in [3.63, 3.8) is 0 Å². The molecule has 2 rings (SSSR count). The van der Waals surface area contributed by atoms with Crippen LogP contribution in [0.3, 0.4) is 0 Å². The summed E-state index contributed by atoms with van der Waals surface area (Å²) in [5.41, 5.74) is 1.08. The lowest BCUT2D eigenvalue weighted by atomic mass is 9.84. The summed E-state index contributed by atoms with van der Waals surface area (Å²) in [5.74, 6) is 2.32. The third-order valence-corrected chi connectivity index (χ3v) is 5.04. The number of rotatable bonds is 8. The Hall–Kier alpha value is -1.48. The fraction of sp³-hybridized carbons (Fsp3) is 0.450. The number of hydrogen-bond acceptors (Lipinski definition) is 4. The second-order valence-electron chi connectivity index (χ2n) is 6.58. The molecule has 2 aromatic rings. The molecular weight excluding hydrogens is 473 g/mol. The number of hydrogen-bond donors (Lipinski definition) is 2. The summed E-state index contributed by atoms with van der Waals surface area (Å²) in [7, 11) is 3.31. The first-order valence-electron chi connectivity index (χ1n) is 8.77. The Morgan fingerprint density at radius 1 is 1.11 bits per heavy atom. The van der Waals surface area contributed by atoms with Crippen LogP contribution in [-0.4, -0.2) is 33.3 Å². The number of benzene rings is 1. The van der Waals surface area contributed by atoms with E-state index in [1.807, 2.05) is 12.1 Å². The molecule has 0 saturated heterocycles. The van der Waals surface area contributed by atoms with Gasteiger partial charge in [0.15, 0.2) is 17.5 Å². The number of nitrogens with zero attached hydrogens (tertiary/aromatic N) is 1. The second-order valence-corrected chi connectivity index (χ2v) is 7.61. The smallest absolute Gasteiger partial charge is 0.191 e. The maximum atomic E-state index is 5.44. The van der Waals surface area contributed by atoms with E-state index in [2.05, 4.69) is 60.0 Å². The number of thiophene rings is 1. The predicted octanol–water partition coefficient (Wildman–Crippen LogP) is 4.42. The third-order valence-electron chi connectivity index (χ3n) is 4.18. The molecule has 0 spiro atoms. The van der Waals surface area contributed by atoms with Crippen molar-refractivity contribution >= 4 is 41.3 Å². The minimum Gasteiger partial charge on any atom is -0.493 e. The Morgan fingerprint density at radius 2 is 1.85 bits per heavy atom. The Labute approximate surface area is 183 Å². The van der Waals surface area contributed by atoms with Crippen LogP contribution in [0.4, 0.5) is 0 Å². The van der Waals surface area contributed by atoms with Crippen molar-refractivity contribution in [1.29, 1.82) is 0 Å². The van der Waals surface area contributed by atoms with Gasteiger partial charge in [0.05, 0.1) is 20.8 Å². The van der Waals surface area contributed by atoms with E-state index in [-0.39, 0.29) is 29.4 Å². The first-order valence-corrected chi connectivity index (χ1v) is 9.65. The summed E-state index contributed by atoms with van der Waals surface area (Å²) in [4.78, 5) is 5.93. The van der Waals surface area contributed by atoms with Crippen molar-refractivity contribution < 1.29 is 9.47 Å². The van der Waals surface area contributed by atoms with Gasteiger partial charge in [0.2, 0.25) is 0 Å².